The van der Waals surface area contributed by atoms with Gasteiger partial charge in [0.15, 0.2) is 0 Å². The Bertz CT molecular complexity index is 1080. The van der Waals surface area contributed by atoms with Crippen LogP contribution in [-0.4, -0.2) is 77.4 Å². The molecule has 0 spiro atoms. The summed E-state index contributed by atoms with van der Waals surface area (Å²) in [6.45, 7) is 18.7. The van der Waals surface area contributed by atoms with Gasteiger partial charge in [0.25, 0.3) is 0 Å². The molecule has 0 saturated carbocycles. The number of aromatic nitrogens is 1. The van der Waals surface area contributed by atoms with Gasteiger partial charge in [-0.05, 0) is 83.8 Å². The summed E-state index contributed by atoms with van der Waals surface area (Å²) in [5, 5.41) is 3.43. The van der Waals surface area contributed by atoms with Crippen molar-refractivity contribution in [2.75, 3.05) is 38.0 Å². The number of rotatable bonds is 7. The van der Waals surface area contributed by atoms with E-state index >= 15 is 0 Å². The van der Waals surface area contributed by atoms with Crippen LogP contribution >= 0.6 is 0 Å². The van der Waals surface area contributed by atoms with Crippen molar-refractivity contribution in [2.24, 2.45) is 0 Å². The van der Waals surface area contributed by atoms with Crippen LogP contribution in [0.3, 0.4) is 0 Å². The third-order valence-corrected chi connectivity index (χ3v) is 7.15. The molecule has 8 nitrogen and oxygen atoms in total. The molecule has 2 fully saturated rings. The Labute approximate surface area is 221 Å². The van der Waals surface area contributed by atoms with Gasteiger partial charge in [0, 0.05) is 44.6 Å². The first-order chi connectivity index (χ1) is 17.3. The van der Waals surface area contributed by atoms with Crippen LogP contribution in [0.2, 0.25) is 0 Å². The maximum atomic E-state index is 12.1. The average Bonchev–Trinajstić information content (AvgIpc) is 3.01. The summed E-state index contributed by atoms with van der Waals surface area (Å²) in [5.74, 6) is 0.594. The quantitative estimate of drug-likeness (QED) is 0.450. The zero-order chi connectivity index (χ0) is 26.8. The molecule has 0 unspecified atom stereocenters. The molecule has 2 aromatic rings. The van der Waals surface area contributed by atoms with Gasteiger partial charge in [-0.25, -0.2) is 4.98 Å². The number of nitrogens with one attached hydrogen (secondary N) is 1. The molecule has 2 aliphatic heterocycles. The summed E-state index contributed by atoms with van der Waals surface area (Å²) >= 11 is 0. The van der Waals surface area contributed by atoms with Crippen molar-refractivity contribution in [1.82, 2.24) is 14.8 Å². The number of carbonyl (C=O) groups is 1. The number of pyridine rings is 1. The van der Waals surface area contributed by atoms with Gasteiger partial charge in [0.05, 0.1) is 17.7 Å². The van der Waals surface area contributed by atoms with Crippen molar-refractivity contribution in [2.45, 2.75) is 71.8 Å². The average molecular weight is 508 g/mol. The van der Waals surface area contributed by atoms with E-state index < -0.39 is 12.7 Å². The largest absolute Gasteiger partial charge is 0.495 e. The fourth-order valence-corrected chi connectivity index (χ4v) is 4.46. The number of benzene rings is 1. The Hall–Kier alpha value is -2.46. The van der Waals surface area contributed by atoms with Gasteiger partial charge in [0.1, 0.15) is 11.4 Å². The lowest BCUT2D eigenvalue weighted by Gasteiger charge is -2.34. The molecule has 200 valence electrons. The molecule has 1 aromatic heterocycles. The zero-order valence-corrected chi connectivity index (χ0v) is 23.3. The topological polar surface area (TPSA) is 76.2 Å². The Balaban J connectivity index is 1.31. The van der Waals surface area contributed by atoms with Crippen molar-refractivity contribution >= 4 is 30.1 Å². The van der Waals surface area contributed by atoms with Crippen LogP contribution in [0.4, 0.5) is 11.5 Å². The first-order valence-corrected chi connectivity index (χ1v) is 13.1. The number of ether oxygens (including phenoxy) is 1. The maximum absolute atomic E-state index is 12.1. The molecule has 3 heterocycles. The fraction of sp³-hybridized carbons (Fsp3) is 0.571. The van der Waals surface area contributed by atoms with Crippen molar-refractivity contribution in [1.29, 1.82) is 0 Å². The van der Waals surface area contributed by atoms with E-state index in [1.54, 1.807) is 6.20 Å². The van der Waals surface area contributed by atoms with Gasteiger partial charge in [-0.3, -0.25) is 14.6 Å². The van der Waals surface area contributed by atoms with Gasteiger partial charge in [0.2, 0.25) is 0 Å². The molecule has 9 heteroatoms. The van der Waals surface area contributed by atoms with Crippen LogP contribution in [0.5, 0.6) is 0 Å². The summed E-state index contributed by atoms with van der Waals surface area (Å²) in [6.07, 6.45) is 1.78. The number of nitrogens with zero attached hydrogens (tertiary/aromatic N) is 3. The Morgan fingerprint density at radius 2 is 1.68 bits per heavy atom. The van der Waals surface area contributed by atoms with Gasteiger partial charge in [-0.15, -0.1) is 0 Å². The van der Waals surface area contributed by atoms with Crippen molar-refractivity contribution in [3.05, 3.63) is 48.2 Å². The Kier molecular flexibility index (Phi) is 8.00. The minimum absolute atomic E-state index is 0.157. The van der Waals surface area contributed by atoms with Crippen LogP contribution in [0.15, 0.2) is 42.6 Å². The second kappa shape index (κ2) is 10.7. The van der Waals surface area contributed by atoms with E-state index in [-0.39, 0.29) is 17.2 Å². The van der Waals surface area contributed by atoms with Crippen LogP contribution < -0.4 is 10.8 Å². The van der Waals surface area contributed by atoms with Crippen LogP contribution in [-0.2, 0) is 25.4 Å². The molecule has 0 aliphatic carbocycles. The molecular formula is C28H41BN4O4. The fourth-order valence-electron chi connectivity index (χ4n) is 4.46. The summed E-state index contributed by atoms with van der Waals surface area (Å²) in [4.78, 5) is 21.2. The maximum Gasteiger partial charge on any atom is 0.495 e. The highest BCUT2D eigenvalue weighted by molar-refractivity contribution is 6.62. The predicted molar refractivity (Wildman–Crippen MR) is 147 cm³/mol. The number of carbonyl (C=O) groups excluding carboxylic acids is 1. The lowest BCUT2D eigenvalue weighted by atomic mass is 9.80. The van der Waals surface area contributed by atoms with Gasteiger partial charge >= 0.3 is 13.1 Å². The second-order valence-corrected chi connectivity index (χ2v) is 12.0. The lowest BCUT2D eigenvalue weighted by Crippen LogP contribution is -2.48. The summed E-state index contributed by atoms with van der Waals surface area (Å²) in [5.41, 5.74) is 1.94. The highest BCUT2D eigenvalue weighted by Crippen LogP contribution is 2.36. The SMILES string of the molecule is CC(C)(C)OC(=O)CN1CCN(Cc2cccc(Nc3cc(B4OC(C)(C)C(C)(C)O4)ccn3)c2)CC1. The molecule has 2 saturated heterocycles. The lowest BCUT2D eigenvalue weighted by molar-refractivity contribution is -0.156. The van der Waals surface area contributed by atoms with Crippen molar-refractivity contribution < 1.29 is 18.8 Å². The predicted octanol–water partition coefficient (Wildman–Crippen LogP) is 3.58. The molecule has 4 rings (SSSR count). The first-order valence-electron chi connectivity index (χ1n) is 13.1. The normalized spacial score (nSPS) is 20.1. The van der Waals surface area contributed by atoms with E-state index in [9.17, 15) is 4.79 Å². The third-order valence-electron chi connectivity index (χ3n) is 7.15. The number of anilines is 2. The molecular weight excluding hydrogens is 467 g/mol. The van der Waals surface area contributed by atoms with E-state index in [2.05, 4.69) is 66.0 Å². The molecule has 2 aliphatic rings. The number of esters is 1. The zero-order valence-electron chi connectivity index (χ0n) is 23.3. The molecule has 0 bridgehead atoms. The van der Waals surface area contributed by atoms with Crippen molar-refractivity contribution in [3.8, 4) is 0 Å². The third kappa shape index (κ3) is 7.32. The van der Waals surface area contributed by atoms with E-state index in [1.165, 1.54) is 5.56 Å². The van der Waals surface area contributed by atoms with Crippen LogP contribution in [0.25, 0.3) is 0 Å². The van der Waals surface area contributed by atoms with Crippen molar-refractivity contribution in [3.63, 3.8) is 0 Å². The van der Waals surface area contributed by atoms with E-state index in [0.717, 1.165) is 49.7 Å². The standard InChI is InChI=1S/C28H41BN4O4/c1-26(2,3)35-25(34)20-33-15-13-32(14-16-33)19-21-9-8-10-23(17-21)31-24-18-22(11-12-30-24)29-36-27(4,5)28(6,7)37-29/h8-12,17-18H,13-16,19-20H2,1-7H3,(H,30,31). The molecule has 0 amide bonds. The van der Waals surface area contributed by atoms with E-state index in [1.807, 2.05) is 39.0 Å². The van der Waals surface area contributed by atoms with Gasteiger partial charge < -0.3 is 19.4 Å². The highest BCUT2D eigenvalue weighted by Gasteiger charge is 2.51. The molecule has 0 radical (unpaired) electrons. The van der Waals surface area contributed by atoms with Crippen LogP contribution in [0.1, 0.15) is 54.0 Å². The summed E-state index contributed by atoms with van der Waals surface area (Å²) in [7, 11) is -0.422. The molecule has 0 atom stereocenters. The van der Waals surface area contributed by atoms with Crippen LogP contribution in [0, 0.1) is 0 Å². The Morgan fingerprint density at radius 3 is 2.32 bits per heavy atom. The number of hydrogen-bond donors (Lipinski definition) is 1. The first kappa shape index (κ1) is 27.6. The van der Waals surface area contributed by atoms with E-state index in [0.29, 0.717) is 6.54 Å². The van der Waals surface area contributed by atoms with Gasteiger partial charge in [-0.2, -0.15) is 0 Å². The second-order valence-electron chi connectivity index (χ2n) is 12.0. The minimum Gasteiger partial charge on any atom is -0.459 e. The minimum atomic E-state index is -0.444. The Morgan fingerprint density at radius 1 is 1.03 bits per heavy atom. The molecule has 1 N–H and O–H groups in total. The van der Waals surface area contributed by atoms with Gasteiger partial charge in [-0.1, -0.05) is 12.1 Å². The molecule has 1 aromatic carbocycles. The number of hydrogen-bond acceptors (Lipinski definition) is 8. The smallest absolute Gasteiger partial charge is 0.459 e. The van der Waals surface area contributed by atoms with E-state index in [4.69, 9.17) is 14.0 Å². The summed E-state index contributed by atoms with van der Waals surface area (Å²) in [6, 6.07) is 12.3. The monoisotopic (exact) mass is 508 g/mol. The highest BCUT2D eigenvalue weighted by atomic mass is 16.7. The summed E-state index contributed by atoms with van der Waals surface area (Å²) < 4.78 is 17.9. The number of piperazine rings is 1. The molecule has 37 heavy (non-hydrogen) atoms.